The summed E-state index contributed by atoms with van der Waals surface area (Å²) in [7, 11) is 0. The van der Waals surface area contributed by atoms with Gasteiger partial charge in [-0.15, -0.1) is 0 Å². The lowest BCUT2D eigenvalue weighted by molar-refractivity contribution is 0.0748. The summed E-state index contributed by atoms with van der Waals surface area (Å²) in [6.45, 7) is 5.11. The molecule has 0 aliphatic carbocycles. The van der Waals surface area contributed by atoms with Crippen molar-refractivity contribution < 1.29 is 4.79 Å². The number of nitrogen functional groups attached to an aromatic ring is 1. The number of amides is 1. The Hall–Kier alpha value is -5.57. The van der Waals surface area contributed by atoms with Gasteiger partial charge in [-0.25, -0.2) is 4.98 Å². The summed E-state index contributed by atoms with van der Waals surface area (Å²) < 4.78 is 2.43. The highest BCUT2D eigenvalue weighted by molar-refractivity contribution is 5.97. The number of nitrogens with one attached hydrogen (secondary N) is 1. The van der Waals surface area contributed by atoms with E-state index in [1.807, 2.05) is 71.6 Å². The Morgan fingerprint density at radius 1 is 0.755 bits per heavy atom. The number of likely N-dealkylation sites (tertiary alicyclic amines) is 1. The van der Waals surface area contributed by atoms with Crippen LogP contribution in [0.3, 0.4) is 0 Å². The highest BCUT2D eigenvalue weighted by Gasteiger charge is 2.37. The average molecular weight is 704 g/mol. The number of fused-ring (bicyclic) bond motifs is 1. The summed E-state index contributed by atoms with van der Waals surface area (Å²) >= 11 is 0. The number of rotatable bonds is 14. The molecule has 53 heavy (non-hydrogen) atoms. The van der Waals surface area contributed by atoms with E-state index in [4.69, 9.17) is 21.9 Å². The lowest BCUT2D eigenvalue weighted by atomic mass is 9.72. The molecular formula is C45H49N7O. The maximum atomic E-state index is 14.0. The van der Waals surface area contributed by atoms with E-state index >= 15 is 0 Å². The predicted molar refractivity (Wildman–Crippen MR) is 214 cm³/mol. The number of piperidine rings is 1. The molecule has 2 heterocycles. The van der Waals surface area contributed by atoms with Crippen LogP contribution in [0.5, 0.6) is 0 Å². The molecule has 8 nitrogen and oxygen atoms in total. The van der Waals surface area contributed by atoms with E-state index in [1.165, 1.54) is 11.1 Å². The van der Waals surface area contributed by atoms with Crippen molar-refractivity contribution >= 4 is 22.8 Å². The topological polar surface area (TPSA) is 117 Å². The first-order chi connectivity index (χ1) is 25.9. The molecule has 8 heteroatoms. The SMILES string of the molecule is N=C(N)c1ccc(CCc2nc3cc(C(=O)N(CCN)Cc4ccccc4)ccc3n2CC2(c3ccccc3)CCN(Cc3ccccc3)CC2)cc1. The van der Waals surface area contributed by atoms with Crippen LogP contribution in [-0.4, -0.2) is 57.3 Å². The van der Waals surface area contributed by atoms with Crippen molar-refractivity contribution in [1.29, 1.82) is 5.41 Å². The van der Waals surface area contributed by atoms with Gasteiger partial charge in [0.1, 0.15) is 11.7 Å². The van der Waals surface area contributed by atoms with Crippen LogP contribution < -0.4 is 11.5 Å². The second-order valence-corrected chi connectivity index (χ2v) is 14.3. The summed E-state index contributed by atoms with van der Waals surface area (Å²) in [5.74, 6) is 1.03. The summed E-state index contributed by atoms with van der Waals surface area (Å²) in [6, 6.07) is 45.7. The largest absolute Gasteiger partial charge is 0.384 e. The minimum atomic E-state index is -0.0813. The molecule has 1 amide bonds. The van der Waals surface area contributed by atoms with Gasteiger partial charge in [-0.05, 0) is 72.8 Å². The molecule has 1 aromatic heterocycles. The van der Waals surface area contributed by atoms with Crippen molar-refractivity contribution in [2.75, 3.05) is 26.2 Å². The third-order valence-electron chi connectivity index (χ3n) is 10.8. The smallest absolute Gasteiger partial charge is 0.254 e. The number of benzene rings is 5. The number of imidazole rings is 1. The van der Waals surface area contributed by atoms with Crippen LogP contribution in [0, 0.1) is 5.41 Å². The summed E-state index contributed by atoms with van der Waals surface area (Å²) in [4.78, 5) is 23.7. The standard InChI is InChI=1S/C45H49N7O/c46-26-29-51(32-36-12-6-2-7-13-36)44(53)38-21-22-41-40(30-38)49-42(23-18-34-16-19-37(20-17-34)43(47)48)52(41)33-45(39-14-8-3-9-15-39)24-27-50(28-25-45)31-35-10-4-1-5-11-35/h1-17,19-22,30H,18,23-29,31-33,46H2,(H3,47,48). The van der Waals surface area contributed by atoms with Gasteiger partial charge in [0.2, 0.25) is 0 Å². The zero-order chi connectivity index (χ0) is 36.6. The Balaban J connectivity index is 1.22. The first-order valence-electron chi connectivity index (χ1n) is 18.7. The maximum absolute atomic E-state index is 14.0. The Morgan fingerprint density at radius 2 is 1.38 bits per heavy atom. The van der Waals surface area contributed by atoms with Crippen LogP contribution in [0.15, 0.2) is 133 Å². The minimum absolute atomic E-state index is 0.0468. The molecule has 0 atom stereocenters. The van der Waals surface area contributed by atoms with Crippen LogP contribution in [-0.2, 0) is 37.9 Å². The molecule has 1 saturated heterocycles. The van der Waals surface area contributed by atoms with Gasteiger partial charge in [-0.2, -0.15) is 0 Å². The molecule has 270 valence electrons. The van der Waals surface area contributed by atoms with E-state index in [1.54, 1.807) is 0 Å². The fourth-order valence-electron chi connectivity index (χ4n) is 7.79. The molecule has 1 aliphatic rings. The lowest BCUT2D eigenvalue weighted by Crippen LogP contribution is -2.44. The summed E-state index contributed by atoms with van der Waals surface area (Å²) in [5.41, 5.74) is 19.8. The molecule has 1 aliphatic heterocycles. The van der Waals surface area contributed by atoms with Gasteiger partial charge >= 0.3 is 0 Å². The first-order valence-corrected chi connectivity index (χ1v) is 18.7. The quantitative estimate of drug-likeness (QED) is 0.0840. The number of amidine groups is 1. The van der Waals surface area contributed by atoms with Crippen molar-refractivity contribution in [3.63, 3.8) is 0 Å². The third kappa shape index (κ3) is 8.40. The zero-order valence-corrected chi connectivity index (χ0v) is 30.3. The van der Waals surface area contributed by atoms with Crippen molar-refractivity contribution in [2.45, 2.75) is 50.7 Å². The normalized spacial score (nSPS) is 14.3. The van der Waals surface area contributed by atoms with Gasteiger partial charge in [0, 0.05) is 55.7 Å². The van der Waals surface area contributed by atoms with Crippen molar-refractivity contribution in [2.24, 2.45) is 11.5 Å². The van der Waals surface area contributed by atoms with Crippen LogP contribution >= 0.6 is 0 Å². The Morgan fingerprint density at radius 3 is 2.02 bits per heavy atom. The van der Waals surface area contributed by atoms with E-state index in [2.05, 4.69) is 76.2 Å². The lowest BCUT2D eigenvalue weighted by Gasteiger charge is -2.43. The van der Waals surface area contributed by atoms with Crippen LogP contribution in [0.4, 0.5) is 0 Å². The number of carbonyl (C=O) groups excluding carboxylic acids is 1. The number of nitrogens with two attached hydrogens (primary N) is 2. The fraction of sp³-hybridized carbons (Fsp3) is 0.267. The molecule has 0 bridgehead atoms. The van der Waals surface area contributed by atoms with E-state index in [9.17, 15) is 4.79 Å². The summed E-state index contributed by atoms with van der Waals surface area (Å²) in [6.07, 6.45) is 3.58. The highest BCUT2D eigenvalue weighted by atomic mass is 16.2. The van der Waals surface area contributed by atoms with Crippen LogP contribution in [0.25, 0.3) is 11.0 Å². The molecule has 0 radical (unpaired) electrons. The second-order valence-electron chi connectivity index (χ2n) is 14.3. The van der Waals surface area contributed by atoms with Crippen LogP contribution in [0.1, 0.15) is 56.8 Å². The van der Waals surface area contributed by atoms with Gasteiger partial charge < -0.3 is 20.9 Å². The molecule has 6 aromatic rings. The fourth-order valence-corrected chi connectivity index (χ4v) is 7.79. The number of carbonyl (C=O) groups is 1. The zero-order valence-electron chi connectivity index (χ0n) is 30.3. The van der Waals surface area contributed by atoms with Crippen molar-refractivity contribution in [3.05, 3.63) is 173 Å². The number of aryl methyl sites for hydroxylation is 2. The number of nitrogens with zero attached hydrogens (tertiary/aromatic N) is 4. The molecule has 7 rings (SSSR count). The van der Waals surface area contributed by atoms with E-state index < -0.39 is 0 Å². The number of aromatic nitrogens is 2. The van der Waals surface area contributed by atoms with Gasteiger partial charge in [0.05, 0.1) is 11.0 Å². The molecule has 1 fully saturated rings. The minimum Gasteiger partial charge on any atom is -0.384 e. The van der Waals surface area contributed by atoms with Crippen LogP contribution in [0.2, 0.25) is 0 Å². The van der Waals surface area contributed by atoms with Gasteiger partial charge in [-0.1, -0.05) is 115 Å². The molecular weight excluding hydrogens is 655 g/mol. The highest BCUT2D eigenvalue weighted by Crippen LogP contribution is 2.39. The van der Waals surface area contributed by atoms with Gasteiger partial charge in [0.25, 0.3) is 5.91 Å². The number of hydrogen-bond acceptors (Lipinski definition) is 5. The monoisotopic (exact) mass is 703 g/mol. The van der Waals surface area contributed by atoms with E-state index in [0.29, 0.717) is 25.2 Å². The maximum Gasteiger partial charge on any atom is 0.254 e. The second kappa shape index (κ2) is 16.4. The average Bonchev–Trinajstić information content (AvgIpc) is 3.54. The van der Waals surface area contributed by atoms with Gasteiger partial charge in [-0.3, -0.25) is 15.1 Å². The molecule has 0 spiro atoms. The number of hydrogen-bond donors (Lipinski definition) is 3. The third-order valence-corrected chi connectivity index (χ3v) is 10.8. The Bertz CT molecular complexity index is 2120. The molecule has 0 saturated carbocycles. The molecule has 0 unspecified atom stereocenters. The molecule has 5 N–H and O–H groups in total. The predicted octanol–water partition coefficient (Wildman–Crippen LogP) is 6.94. The Labute approximate surface area is 312 Å². The van der Waals surface area contributed by atoms with Crippen molar-refractivity contribution in [3.8, 4) is 0 Å². The first kappa shape index (κ1) is 35.8. The molecule has 5 aromatic carbocycles. The summed E-state index contributed by atoms with van der Waals surface area (Å²) in [5, 5.41) is 7.79. The van der Waals surface area contributed by atoms with Crippen molar-refractivity contribution in [1.82, 2.24) is 19.4 Å². The van der Waals surface area contributed by atoms with E-state index in [0.717, 1.165) is 85.4 Å². The van der Waals surface area contributed by atoms with Gasteiger partial charge in [0.15, 0.2) is 0 Å². The van der Waals surface area contributed by atoms with E-state index in [-0.39, 0.29) is 17.2 Å². The Kier molecular flexibility index (Phi) is 11.1.